The van der Waals surface area contributed by atoms with E-state index in [2.05, 4.69) is 338 Å². The largest absolute Gasteiger partial charge is 0.311 e. The molecule has 0 amide bonds. The van der Waals surface area contributed by atoms with Crippen molar-refractivity contribution < 1.29 is 0 Å². The second-order valence-corrected chi connectivity index (χ2v) is 26.7. The number of nitrogens with zero attached hydrogens (tertiary/aromatic N) is 3. The van der Waals surface area contributed by atoms with E-state index in [4.69, 9.17) is 0 Å². The van der Waals surface area contributed by atoms with Crippen LogP contribution in [-0.2, 0) is 21.7 Å². The van der Waals surface area contributed by atoms with E-state index in [1.54, 1.807) is 0 Å². The summed E-state index contributed by atoms with van der Waals surface area (Å²) in [4.78, 5) is 5.17. The van der Waals surface area contributed by atoms with Crippen LogP contribution in [0.25, 0.3) is 49.7 Å². The lowest BCUT2D eigenvalue weighted by Gasteiger charge is -2.45. The van der Waals surface area contributed by atoms with E-state index in [1.807, 2.05) is 0 Å². The summed E-state index contributed by atoms with van der Waals surface area (Å²) in [5.41, 5.74) is 26.3. The van der Waals surface area contributed by atoms with Gasteiger partial charge in [-0.05, 0) is 156 Å². The molecule has 14 rings (SSSR count). The van der Waals surface area contributed by atoms with E-state index in [1.165, 1.54) is 111 Å². The first kappa shape index (κ1) is 52.9. The van der Waals surface area contributed by atoms with Gasteiger partial charge in [-0.3, -0.25) is 0 Å². The highest BCUT2D eigenvalue weighted by atomic mass is 15.2. The van der Waals surface area contributed by atoms with Crippen LogP contribution in [0, 0.1) is 0 Å². The molecule has 0 N–H and O–H groups in total. The zero-order valence-corrected chi connectivity index (χ0v) is 50.2. The molecule has 0 unspecified atom stereocenters. The summed E-state index contributed by atoms with van der Waals surface area (Å²) >= 11 is 0. The van der Waals surface area contributed by atoms with Crippen LogP contribution in [0.2, 0.25) is 0 Å². The molecule has 0 fully saturated rings. The van der Waals surface area contributed by atoms with Gasteiger partial charge in [0.15, 0.2) is 0 Å². The molecule has 12 aromatic rings. The van der Waals surface area contributed by atoms with Crippen molar-refractivity contribution in [1.82, 2.24) is 4.57 Å². The van der Waals surface area contributed by atoms with Crippen LogP contribution in [0.4, 0.5) is 34.1 Å². The number of hydrogen-bond donors (Lipinski definition) is 0. The molecule has 2 aliphatic rings. The quantitative estimate of drug-likeness (QED) is 0.133. The Hall–Kier alpha value is -9.12. The molecular formula is C80H72BN3. The van der Waals surface area contributed by atoms with Crippen molar-refractivity contribution in [2.45, 2.75) is 90.9 Å². The van der Waals surface area contributed by atoms with Gasteiger partial charge >= 0.3 is 0 Å². The van der Waals surface area contributed by atoms with Crippen molar-refractivity contribution in [2.24, 2.45) is 0 Å². The van der Waals surface area contributed by atoms with Gasteiger partial charge in [-0.25, -0.2) is 0 Å². The zero-order chi connectivity index (χ0) is 57.9. The lowest BCUT2D eigenvalue weighted by molar-refractivity contribution is 0.590. The Morgan fingerprint density at radius 2 is 0.643 bits per heavy atom. The number of rotatable bonds is 9. The van der Waals surface area contributed by atoms with Gasteiger partial charge in [0.2, 0.25) is 0 Å². The van der Waals surface area contributed by atoms with Gasteiger partial charge in [0.1, 0.15) is 0 Å². The molecule has 0 saturated heterocycles. The fourth-order valence-electron chi connectivity index (χ4n) is 13.6. The van der Waals surface area contributed by atoms with Gasteiger partial charge in [0, 0.05) is 55.7 Å². The molecule has 0 radical (unpaired) electrons. The monoisotopic (exact) mass is 1090 g/mol. The fraction of sp³-hybridized carbons (Fsp3) is 0.175. The molecule has 84 heavy (non-hydrogen) atoms. The molecular weight excluding hydrogens is 1010 g/mol. The average Bonchev–Trinajstić information content (AvgIpc) is 1.39. The van der Waals surface area contributed by atoms with Crippen molar-refractivity contribution >= 4 is 79.0 Å². The van der Waals surface area contributed by atoms with Gasteiger partial charge in [-0.1, -0.05) is 251 Å². The van der Waals surface area contributed by atoms with E-state index >= 15 is 0 Å². The summed E-state index contributed by atoms with van der Waals surface area (Å²) in [6, 6.07) is 96.5. The second kappa shape index (κ2) is 19.8. The summed E-state index contributed by atoms with van der Waals surface area (Å²) in [5, 5.41) is 2.54. The van der Waals surface area contributed by atoms with Gasteiger partial charge in [0.05, 0.1) is 16.7 Å². The van der Waals surface area contributed by atoms with Gasteiger partial charge in [-0.15, -0.1) is 0 Å². The maximum Gasteiger partial charge on any atom is 0.252 e. The molecule has 3 heterocycles. The van der Waals surface area contributed by atoms with Crippen LogP contribution < -0.4 is 26.2 Å². The number of anilines is 6. The standard InChI is InChI=1S/C80H72BN3/c1-77(2,3)60-36-44-70-66(48-60)67-49-61(78(4,5)6)37-45-71(67)84(70)65-51-74-76-75(52-65)83(64-41-34-59(35-42-64)79(7,8)57-27-19-13-20-28-57)73-46-38-62(80(9,10)58-29-21-14-22-30-58)50-69(73)81(76)68-47-56(54-25-17-12-18-26-54)33-43-72(68)82(74)63-39-31-55(32-40-63)53-23-15-11-16-24-53/h11-52H,1-10H3. The van der Waals surface area contributed by atoms with E-state index in [-0.39, 0.29) is 28.4 Å². The van der Waals surface area contributed by atoms with Crippen LogP contribution >= 0.6 is 0 Å². The highest BCUT2D eigenvalue weighted by molar-refractivity contribution is 7.00. The molecule has 1 aromatic heterocycles. The average molecular weight is 1090 g/mol. The predicted octanol–water partition coefficient (Wildman–Crippen LogP) is 19.4. The van der Waals surface area contributed by atoms with Crippen molar-refractivity contribution in [2.75, 3.05) is 9.80 Å². The molecule has 0 saturated carbocycles. The van der Waals surface area contributed by atoms with Crippen LogP contribution in [-0.4, -0.2) is 11.3 Å². The summed E-state index contributed by atoms with van der Waals surface area (Å²) in [6.45, 7) is 23.3. The molecule has 410 valence electrons. The van der Waals surface area contributed by atoms with E-state index in [0.717, 1.165) is 22.7 Å². The summed E-state index contributed by atoms with van der Waals surface area (Å²) < 4.78 is 2.56. The molecule has 0 atom stereocenters. The molecule has 3 nitrogen and oxygen atoms in total. The van der Waals surface area contributed by atoms with Crippen molar-refractivity contribution in [3.63, 3.8) is 0 Å². The third kappa shape index (κ3) is 8.80. The normalized spacial score (nSPS) is 13.3. The predicted molar refractivity (Wildman–Crippen MR) is 360 cm³/mol. The Morgan fingerprint density at radius 3 is 1.13 bits per heavy atom. The lowest BCUT2D eigenvalue weighted by atomic mass is 9.33. The number of benzene rings is 11. The Bertz CT molecular complexity index is 4400. The van der Waals surface area contributed by atoms with E-state index in [0.29, 0.717) is 0 Å². The maximum atomic E-state index is 2.60. The summed E-state index contributed by atoms with van der Waals surface area (Å²) in [6.07, 6.45) is 0. The molecule has 4 heteroatoms. The smallest absolute Gasteiger partial charge is 0.252 e. The van der Waals surface area contributed by atoms with E-state index in [9.17, 15) is 0 Å². The molecule has 0 aliphatic carbocycles. The third-order valence-electron chi connectivity index (χ3n) is 18.7. The highest BCUT2D eigenvalue weighted by Crippen LogP contribution is 2.49. The SMILES string of the molecule is CC(C)(C)c1ccc2c(c1)c1cc(C(C)(C)C)ccc1n2-c1cc2c3c(c1)N(c1ccc(C(C)(C)c4ccccc4)cc1)c1ccc(C(C)(C)c4ccccc4)cc1B3c1cc(-c3ccccc3)ccc1N2c1ccc(-c2ccccc2)cc1. The lowest BCUT2D eigenvalue weighted by Crippen LogP contribution is -2.61. The maximum absolute atomic E-state index is 2.60. The zero-order valence-electron chi connectivity index (χ0n) is 50.2. The van der Waals surface area contributed by atoms with Crippen LogP contribution in [0.15, 0.2) is 255 Å². The fourth-order valence-corrected chi connectivity index (χ4v) is 13.6. The summed E-state index contributed by atoms with van der Waals surface area (Å²) in [5.74, 6) is 0. The Morgan fingerprint density at radius 1 is 0.274 bits per heavy atom. The Labute approximate surface area is 497 Å². The molecule has 0 bridgehead atoms. The number of aromatic nitrogens is 1. The van der Waals surface area contributed by atoms with Gasteiger partial charge in [-0.2, -0.15) is 0 Å². The molecule has 11 aromatic carbocycles. The Balaban J connectivity index is 1.10. The van der Waals surface area contributed by atoms with E-state index < -0.39 is 0 Å². The second-order valence-electron chi connectivity index (χ2n) is 26.7. The summed E-state index contributed by atoms with van der Waals surface area (Å²) in [7, 11) is 0. The highest BCUT2D eigenvalue weighted by Gasteiger charge is 2.45. The van der Waals surface area contributed by atoms with Crippen LogP contribution in [0.1, 0.15) is 103 Å². The van der Waals surface area contributed by atoms with Crippen LogP contribution in [0.5, 0.6) is 0 Å². The first-order chi connectivity index (χ1) is 40.4. The minimum absolute atomic E-state index is 0.0322. The number of hydrogen-bond acceptors (Lipinski definition) is 2. The Kier molecular flexibility index (Phi) is 12.5. The van der Waals surface area contributed by atoms with Crippen molar-refractivity contribution in [3.8, 4) is 27.9 Å². The third-order valence-corrected chi connectivity index (χ3v) is 18.7. The first-order valence-corrected chi connectivity index (χ1v) is 30.0. The van der Waals surface area contributed by atoms with Gasteiger partial charge in [0.25, 0.3) is 6.71 Å². The topological polar surface area (TPSA) is 11.4 Å². The molecule has 2 aliphatic heterocycles. The number of fused-ring (bicyclic) bond motifs is 7. The first-order valence-electron chi connectivity index (χ1n) is 30.0. The van der Waals surface area contributed by atoms with Crippen molar-refractivity contribution in [1.29, 1.82) is 0 Å². The van der Waals surface area contributed by atoms with Gasteiger partial charge < -0.3 is 14.4 Å². The minimum Gasteiger partial charge on any atom is -0.311 e. The van der Waals surface area contributed by atoms with Crippen LogP contribution in [0.3, 0.4) is 0 Å². The molecule has 0 spiro atoms. The van der Waals surface area contributed by atoms with Crippen molar-refractivity contribution in [3.05, 3.63) is 288 Å². The minimum atomic E-state index is -0.287.